The summed E-state index contributed by atoms with van der Waals surface area (Å²) in [6.45, 7) is 0. The minimum Gasteiger partial charge on any atom is -0.481 e. The molecule has 1 rings (SSSR count). The highest BCUT2D eigenvalue weighted by molar-refractivity contribution is 6.30. The molecular formula is C12H12Cl2O4. The summed E-state index contributed by atoms with van der Waals surface area (Å²) in [5, 5.41) is 9.03. The van der Waals surface area contributed by atoms with Gasteiger partial charge >= 0.3 is 11.9 Å². The summed E-state index contributed by atoms with van der Waals surface area (Å²) in [5.74, 6) is -1.53. The summed E-state index contributed by atoms with van der Waals surface area (Å²) < 4.78 is 5.10. The van der Waals surface area contributed by atoms with Crippen molar-refractivity contribution in [1.29, 1.82) is 0 Å². The average molecular weight is 291 g/mol. The average Bonchev–Trinajstić information content (AvgIpc) is 2.34. The Kier molecular flexibility index (Phi) is 5.95. The third-order valence-electron chi connectivity index (χ3n) is 2.20. The van der Waals surface area contributed by atoms with E-state index in [1.54, 1.807) is 24.3 Å². The highest BCUT2D eigenvalue weighted by Gasteiger charge is 2.16. The number of esters is 1. The molecule has 98 valence electrons. The molecule has 0 saturated carbocycles. The quantitative estimate of drug-likeness (QED) is 0.646. The van der Waals surface area contributed by atoms with E-state index in [9.17, 15) is 9.59 Å². The fourth-order valence-corrected chi connectivity index (χ4v) is 1.66. The Labute approximate surface area is 114 Å². The van der Waals surface area contributed by atoms with Gasteiger partial charge in [0, 0.05) is 5.02 Å². The Morgan fingerprint density at radius 2 is 1.83 bits per heavy atom. The van der Waals surface area contributed by atoms with E-state index in [1.165, 1.54) is 0 Å². The van der Waals surface area contributed by atoms with Crippen molar-refractivity contribution in [2.75, 3.05) is 5.88 Å². The zero-order valence-corrected chi connectivity index (χ0v) is 10.9. The zero-order valence-electron chi connectivity index (χ0n) is 9.44. The van der Waals surface area contributed by atoms with E-state index < -0.39 is 18.0 Å². The van der Waals surface area contributed by atoms with Crippen LogP contribution in [-0.2, 0) is 14.3 Å². The number of hydrogen-bond acceptors (Lipinski definition) is 3. The second-order valence-electron chi connectivity index (χ2n) is 3.58. The Bertz CT molecular complexity index is 417. The first-order chi connectivity index (χ1) is 8.52. The van der Waals surface area contributed by atoms with E-state index >= 15 is 0 Å². The number of ether oxygens (including phenoxy) is 1. The van der Waals surface area contributed by atoms with Crippen molar-refractivity contribution in [2.45, 2.75) is 18.9 Å². The first-order valence-corrected chi connectivity index (χ1v) is 6.17. The van der Waals surface area contributed by atoms with Crippen LogP contribution in [0.4, 0.5) is 0 Å². The fourth-order valence-electron chi connectivity index (χ4n) is 1.29. The van der Waals surface area contributed by atoms with Crippen LogP contribution in [-0.4, -0.2) is 22.9 Å². The number of aliphatic carboxylic acids is 1. The fraction of sp³-hybridized carbons (Fsp3) is 0.333. The molecule has 1 atom stereocenters. The normalized spacial score (nSPS) is 11.9. The summed E-state index contributed by atoms with van der Waals surface area (Å²) >= 11 is 11.5. The van der Waals surface area contributed by atoms with Gasteiger partial charge in [-0.15, -0.1) is 11.6 Å². The molecule has 18 heavy (non-hydrogen) atoms. The number of halogens is 2. The molecule has 0 aliphatic rings. The summed E-state index contributed by atoms with van der Waals surface area (Å²) in [6.07, 6.45) is -1.02. The molecule has 0 aromatic heterocycles. The van der Waals surface area contributed by atoms with Crippen LogP contribution in [0.2, 0.25) is 5.02 Å². The van der Waals surface area contributed by atoms with Crippen LogP contribution in [0.15, 0.2) is 24.3 Å². The van der Waals surface area contributed by atoms with Crippen molar-refractivity contribution >= 4 is 35.1 Å². The van der Waals surface area contributed by atoms with Crippen LogP contribution >= 0.6 is 23.2 Å². The van der Waals surface area contributed by atoms with Gasteiger partial charge in [0.25, 0.3) is 0 Å². The van der Waals surface area contributed by atoms with E-state index in [0.29, 0.717) is 5.02 Å². The standard InChI is InChI=1S/C12H12Cl2O4/c13-7-10(8-1-3-9(14)4-2-8)18-12(17)6-5-11(15)16/h1-4,10H,5-7H2,(H,15,16)/t10-/m1/s1. The lowest BCUT2D eigenvalue weighted by Crippen LogP contribution is -2.13. The number of hydrogen-bond donors (Lipinski definition) is 1. The maximum Gasteiger partial charge on any atom is 0.307 e. The maximum atomic E-state index is 11.4. The molecular weight excluding hydrogens is 279 g/mol. The van der Waals surface area contributed by atoms with Crippen molar-refractivity contribution in [1.82, 2.24) is 0 Å². The molecule has 0 fully saturated rings. The molecule has 0 unspecified atom stereocenters. The Morgan fingerprint density at radius 3 is 2.33 bits per heavy atom. The number of carbonyl (C=O) groups excluding carboxylic acids is 1. The summed E-state index contributed by atoms with van der Waals surface area (Å²) in [7, 11) is 0. The Hall–Kier alpha value is -1.26. The molecule has 0 saturated heterocycles. The summed E-state index contributed by atoms with van der Waals surface area (Å²) in [5.41, 5.74) is 0.720. The van der Waals surface area contributed by atoms with Crippen molar-refractivity contribution in [3.05, 3.63) is 34.9 Å². The van der Waals surface area contributed by atoms with Crippen molar-refractivity contribution < 1.29 is 19.4 Å². The molecule has 0 heterocycles. The van der Waals surface area contributed by atoms with Gasteiger partial charge in [0.2, 0.25) is 0 Å². The van der Waals surface area contributed by atoms with E-state index in [2.05, 4.69) is 0 Å². The van der Waals surface area contributed by atoms with Crippen LogP contribution in [0.1, 0.15) is 24.5 Å². The molecule has 0 bridgehead atoms. The molecule has 0 aliphatic carbocycles. The minimum absolute atomic E-state index is 0.0977. The number of carbonyl (C=O) groups is 2. The van der Waals surface area contributed by atoms with E-state index in [-0.39, 0.29) is 18.7 Å². The van der Waals surface area contributed by atoms with Crippen LogP contribution in [0.3, 0.4) is 0 Å². The number of carboxylic acids is 1. The van der Waals surface area contributed by atoms with Crippen molar-refractivity contribution in [3.8, 4) is 0 Å². The lowest BCUT2D eigenvalue weighted by atomic mass is 10.1. The minimum atomic E-state index is -1.04. The number of rotatable bonds is 6. The summed E-state index contributed by atoms with van der Waals surface area (Å²) in [6, 6.07) is 6.75. The maximum absolute atomic E-state index is 11.4. The van der Waals surface area contributed by atoms with Gasteiger partial charge in [-0.2, -0.15) is 0 Å². The largest absolute Gasteiger partial charge is 0.481 e. The van der Waals surface area contributed by atoms with Crippen molar-refractivity contribution in [3.63, 3.8) is 0 Å². The first-order valence-electron chi connectivity index (χ1n) is 5.25. The van der Waals surface area contributed by atoms with Gasteiger partial charge in [0.1, 0.15) is 6.10 Å². The van der Waals surface area contributed by atoms with E-state index in [0.717, 1.165) is 5.56 Å². The van der Waals surface area contributed by atoms with Gasteiger partial charge in [-0.25, -0.2) is 0 Å². The number of carboxylic acid groups (broad SMARTS) is 1. The van der Waals surface area contributed by atoms with Gasteiger partial charge in [0.15, 0.2) is 0 Å². The monoisotopic (exact) mass is 290 g/mol. The Balaban J connectivity index is 2.59. The van der Waals surface area contributed by atoms with Gasteiger partial charge in [-0.1, -0.05) is 23.7 Å². The lowest BCUT2D eigenvalue weighted by molar-refractivity contribution is -0.151. The second kappa shape index (κ2) is 7.24. The van der Waals surface area contributed by atoms with Gasteiger partial charge in [-0.3, -0.25) is 9.59 Å². The lowest BCUT2D eigenvalue weighted by Gasteiger charge is -2.15. The first kappa shape index (κ1) is 14.8. The summed E-state index contributed by atoms with van der Waals surface area (Å²) in [4.78, 5) is 21.7. The molecule has 6 heteroatoms. The number of benzene rings is 1. The molecule has 1 N–H and O–H groups in total. The predicted octanol–water partition coefficient (Wildman–Crippen LogP) is 3.03. The van der Waals surface area contributed by atoms with Crippen LogP contribution < -0.4 is 0 Å². The SMILES string of the molecule is O=C(O)CCC(=O)O[C@H](CCl)c1ccc(Cl)cc1. The van der Waals surface area contributed by atoms with Crippen LogP contribution in [0.25, 0.3) is 0 Å². The van der Waals surface area contributed by atoms with Crippen LogP contribution in [0.5, 0.6) is 0 Å². The molecule has 0 aliphatic heterocycles. The number of alkyl halides is 1. The zero-order chi connectivity index (χ0) is 13.5. The second-order valence-corrected chi connectivity index (χ2v) is 4.32. The molecule has 0 radical (unpaired) electrons. The predicted molar refractivity (Wildman–Crippen MR) is 67.9 cm³/mol. The third kappa shape index (κ3) is 4.94. The topological polar surface area (TPSA) is 63.6 Å². The molecule has 0 amide bonds. The highest BCUT2D eigenvalue weighted by Crippen LogP contribution is 2.21. The van der Waals surface area contributed by atoms with Gasteiger partial charge in [0.05, 0.1) is 18.7 Å². The van der Waals surface area contributed by atoms with Crippen LogP contribution in [0, 0.1) is 0 Å². The smallest absolute Gasteiger partial charge is 0.307 e. The Morgan fingerprint density at radius 1 is 1.22 bits per heavy atom. The highest BCUT2D eigenvalue weighted by atomic mass is 35.5. The molecule has 1 aromatic carbocycles. The van der Waals surface area contributed by atoms with Crippen molar-refractivity contribution in [2.24, 2.45) is 0 Å². The molecule has 1 aromatic rings. The third-order valence-corrected chi connectivity index (χ3v) is 2.73. The van der Waals surface area contributed by atoms with E-state index in [4.69, 9.17) is 33.0 Å². The molecule has 0 spiro atoms. The van der Waals surface area contributed by atoms with Gasteiger partial charge in [-0.05, 0) is 17.7 Å². The van der Waals surface area contributed by atoms with E-state index in [1.807, 2.05) is 0 Å². The molecule has 4 nitrogen and oxygen atoms in total. The van der Waals surface area contributed by atoms with Gasteiger partial charge < -0.3 is 9.84 Å².